The summed E-state index contributed by atoms with van der Waals surface area (Å²) < 4.78 is 16.6. The summed E-state index contributed by atoms with van der Waals surface area (Å²) in [6.45, 7) is 7.31. The molecule has 4 rings (SSSR count). The largest absolute Gasteiger partial charge is 0.497 e. The highest BCUT2D eigenvalue weighted by Gasteiger charge is 2.43. The number of hydrogen-bond donors (Lipinski definition) is 0. The molecule has 10 nitrogen and oxygen atoms in total. The quantitative estimate of drug-likeness (QED) is 0.498. The molecule has 3 aliphatic heterocycles. The average Bonchev–Trinajstić information content (AvgIpc) is 3.29. The van der Waals surface area contributed by atoms with Crippen LogP contribution in [0.4, 0.5) is 0 Å². The van der Waals surface area contributed by atoms with E-state index in [1.165, 1.54) is 11.8 Å². The number of benzene rings is 1. The number of rotatable bonds is 7. The number of thioether (sulfide) groups is 1. The van der Waals surface area contributed by atoms with Crippen molar-refractivity contribution in [3.63, 3.8) is 0 Å². The third kappa shape index (κ3) is 5.31. The standard InChI is InChI=1S/C26H32N4O6S/c1-6-36-25(33)23-16(2)27-26-30(24(23)20-14-19(34-4)7-8-21(20)35-5)18(15-37-26)13-22(32)29-11-9-28(10-12-29)17(3)31/h7-8,14-15,24H,6,9-13H2,1-5H3. The fraction of sp³-hybridized carbons (Fsp3) is 0.462. The minimum absolute atomic E-state index is 0.0138. The highest BCUT2D eigenvalue weighted by molar-refractivity contribution is 8.16. The van der Waals surface area contributed by atoms with Gasteiger partial charge >= 0.3 is 5.97 Å². The normalized spacial score (nSPS) is 19.3. The Morgan fingerprint density at radius 3 is 2.41 bits per heavy atom. The average molecular weight is 529 g/mol. The second-order valence-electron chi connectivity index (χ2n) is 8.79. The Hall–Kier alpha value is -3.47. The maximum atomic E-state index is 13.3. The van der Waals surface area contributed by atoms with Gasteiger partial charge in [-0.1, -0.05) is 11.8 Å². The number of methoxy groups -OCH3 is 2. The minimum Gasteiger partial charge on any atom is -0.497 e. The molecule has 1 unspecified atom stereocenters. The molecule has 1 atom stereocenters. The summed E-state index contributed by atoms with van der Waals surface area (Å²) >= 11 is 1.41. The Morgan fingerprint density at radius 1 is 1.08 bits per heavy atom. The summed E-state index contributed by atoms with van der Waals surface area (Å²) in [6.07, 6.45) is 0.129. The predicted octanol–water partition coefficient (Wildman–Crippen LogP) is 2.92. The van der Waals surface area contributed by atoms with Crippen LogP contribution in [0.3, 0.4) is 0 Å². The zero-order valence-corrected chi connectivity index (χ0v) is 22.6. The van der Waals surface area contributed by atoms with Crippen molar-refractivity contribution in [1.29, 1.82) is 0 Å². The number of carbonyl (C=O) groups excluding carboxylic acids is 3. The van der Waals surface area contributed by atoms with Gasteiger partial charge in [0.15, 0.2) is 5.17 Å². The van der Waals surface area contributed by atoms with Crippen LogP contribution in [-0.4, -0.2) is 84.7 Å². The molecule has 0 bridgehead atoms. The molecule has 11 heteroatoms. The summed E-state index contributed by atoms with van der Waals surface area (Å²) in [4.78, 5) is 48.3. The first-order chi connectivity index (χ1) is 17.8. The van der Waals surface area contributed by atoms with E-state index in [0.29, 0.717) is 59.7 Å². The van der Waals surface area contributed by atoms with Gasteiger partial charge in [-0.3, -0.25) is 9.59 Å². The van der Waals surface area contributed by atoms with Gasteiger partial charge in [0, 0.05) is 44.4 Å². The third-order valence-electron chi connectivity index (χ3n) is 6.64. The molecule has 37 heavy (non-hydrogen) atoms. The van der Waals surface area contributed by atoms with E-state index >= 15 is 0 Å². The molecule has 1 saturated heterocycles. The zero-order valence-electron chi connectivity index (χ0n) is 21.8. The van der Waals surface area contributed by atoms with Crippen molar-refractivity contribution in [1.82, 2.24) is 14.7 Å². The second kappa shape index (κ2) is 11.3. The molecule has 0 aliphatic carbocycles. The molecule has 1 fully saturated rings. The van der Waals surface area contributed by atoms with Crippen LogP contribution in [0.15, 0.2) is 45.6 Å². The molecule has 1 aromatic rings. The van der Waals surface area contributed by atoms with Gasteiger partial charge in [0.2, 0.25) is 11.8 Å². The molecule has 198 valence electrons. The topological polar surface area (TPSA) is 101 Å². The van der Waals surface area contributed by atoms with Crippen LogP contribution < -0.4 is 9.47 Å². The number of piperazine rings is 1. The van der Waals surface area contributed by atoms with Crippen molar-refractivity contribution in [3.8, 4) is 11.5 Å². The van der Waals surface area contributed by atoms with Crippen LogP contribution in [-0.2, 0) is 19.1 Å². The number of carbonyl (C=O) groups is 3. The first kappa shape index (κ1) is 26.6. The van der Waals surface area contributed by atoms with Crippen molar-refractivity contribution >= 4 is 34.7 Å². The van der Waals surface area contributed by atoms with Gasteiger partial charge in [-0.05, 0) is 37.5 Å². The second-order valence-corrected chi connectivity index (χ2v) is 9.62. The number of amides is 2. The number of amidine groups is 1. The maximum absolute atomic E-state index is 13.3. The van der Waals surface area contributed by atoms with Gasteiger partial charge in [-0.2, -0.15) is 0 Å². The third-order valence-corrected chi connectivity index (χ3v) is 7.53. The number of ether oxygens (including phenoxy) is 3. The van der Waals surface area contributed by atoms with Crippen LogP contribution in [0.25, 0.3) is 0 Å². The van der Waals surface area contributed by atoms with E-state index < -0.39 is 12.0 Å². The molecule has 3 aliphatic rings. The summed E-state index contributed by atoms with van der Waals surface area (Å²) in [6, 6.07) is 4.80. The SMILES string of the molecule is CCOC(=O)C1=C(C)N=C2SC=C(CC(=O)N3CCN(C(C)=O)CC3)N2C1c1cc(OC)ccc1OC. The Kier molecular flexibility index (Phi) is 8.11. The highest BCUT2D eigenvalue weighted by Crippen LogP contribution is 2.47. The van der Waals surface area contributed by atoms with E-state index in [1.54, 1.807) is 56.9 Å². The number of esters is 1. The van der Waals surface area contributed by atoms with Crippen molar-refractivity contribution in [2.75, 3.05) is 47.0 Å². The van der Waals surface area contributed by atoms with Crippen molar-refractivity contribution in [3.05, 3.63) is 46.1 Å². The first-order valence-electron chi connectivity index (χ1n) is 12.2. The van der Waals surface area contributed by atoms with Gasteiger partial charge < -0.3 is 28.9 Å². The number of aliphatic imine (C=N–C) groups is 1. The van der Waals surface area contributed by atoms with E-state index in [2.05, 4.69) is 0 Å². The lowest BCUT2D eigenvalue weighted by atomic mass is 9.92. The monoisotopic (exact) mass is 528 g/mol. The van der Waals surface area contributed by atoms with Crippen LogP contribution >= 0.6 is 11.8 Å². The van der Waals surface area contributed by atoms with Gasteiger partial charge in [-0.25, -0.2) is 9.79 Å². The van der Waals surface area contributed by atoms with E-state index in [-0.39, 0.29) is 24.8 Å². The summed E-state index contributed by atoms with van der Waals surface area (Å²) in [7, 11) is 3.15. The molecule has 0 saturated carbocycles. The Balaban J connectivity index is 1.69. The molecule has 2 amide bonds. The molecule has 0 radical (unpaired) electrons. The zero-order chi connectivity index (χ0) is 26.7. The Bertz CT molecular complexity index is 1190. The lowest BCUT2D eigenvalue weighted by Gasteiger charge is -2.38. The Morgan fingerprint density at radius 2 is 1.78 bits per heavy atom. The van der Waals surface area contributed by atoms with Crippen LogP contribution in [0.1, 0.15) is 38.8 Å². The van der Waals surface area contributed by atoms with E-state index in [1.807, 2.05) is 16.4 Å². The van der Waals surface area contributed by atoms with E-state index in [4.69, 9.17) is 19.2 Å². The van der Waals surface area contributed by atoms with Crippen LogP contribution in [0, 0.1) is 0 Å². The van der Waals surface area contributed by atoms with Gasteiger partial charge in [0.25, 0.3) is 0 Å². The van der Waals surface area contributed by atoms with Gasteiger partial charge in [0.05, 0.1) is 44.6 Å². The minimum atomic E-state index is -0.625. The fourth-order valence-electron chi connectivity index (χ4n) is 4.72. The molecular weight excluding hydrogens is 496 g/mol. The highest BCUT2D eigenvalue weighted by atomic mass is 32.2. The van der Waals surface area contributed by atoms with Crippen LogP contribution in [0.5, 0.6) is 11.5 Å². The molecule has 0 aromatic heterocycles. The molecule has 0 N–H and O–H groups in total. The number of nitrogens with zero attached hydrogens (tertiary/aromatic N) is 4. The molecular formula is C26H32N4O6S. The maximum Gasteiger partial charge on any atom is 0.338 e. The van der Waals surface area contributed by atoms with Crippen LogP contribution in [0.2, 0.25) is 0 Å². The predicted molar refractivity (Wildman–Crippen MR) is 140 cm³/mol. The summed E-state index contributed by atoms with van der Waals surface area (Å²) in [5, 5.41) is 2.58. The van der Waals surface area contributed by atoms with Crippen molar-refractivity contribution < 1.29 is 28.6 Å². The number of fused-ring (bicyclic) bond motifs is 1. The van der Waals surface area contributed by atoms with Crippen molar-refractivity contribution in [2.24, 2.45) is 4.99 Å². The van der Waals surface area contributed by atoms with E-state index in [9.17, 15) is 14.4 Å². The first-order valence-corrected chi connectivity index (χ1v) is 13.0. The molecule has 0 spiro atoms. The number of allylic oxidation sites excluding steroid dienone is 1. The fourth-order valence-corrected chi connectivity index (χ4v) is 5.69. The van der Waals surface area contributed by atoms with E-state index in [0.717, 1.165) is 5.70 Å². The van der Waals surface area contributed by atoms with Gasteiger partial charge in [-0.15, -0.1) is 0 Å². The lowest BCUT2D eigenvalue weighted by Crippen LogP contribution is -2.50. The molecule has 1 aromatic carbocycles. The lowest BCUT2D eigenvalue weighted by molar-refractivity contribution is -0.139. The summed E-state index contributed by atoms with van der Waals surface area (Å²) in [5.74, 6) is 0.680. The van der Waals surface area contributed by atoms with Crippen molar-refractivity contribution in [2.45, 2.75) is 33.2 Å². The Labute approximate surface area is 220 Å². The number of hydrogen-bond acceptors (Lipinski definition) is 9. The van der Waals surface area contributed by atoms with Gasteiger partial charge in [0.1, 0.15) is 11.5 Å². The smallest absolute Gasteiger partial charge is 0.338 e. The molecule has 3 heterocycles. The summed E-state index contributed by atoms with van der Waals surface area (Å²) in [5.41, 5.74) is 2.36.